The highest BCUT2D eigenvalue weighted by molar-refractivity contribution is 5.99. The number of ether oxygens (including phenoxy) is 1. The van der Waals surface area contributed by atoms with Crippen LogP contribution in [0.3, 0.4) is 0 Å². The SMILES string of the molecule is CC(C)(C)OC(=O)N[C@@H](CCCN/C(=N/CCN)NCCN)C(=O)N[C@@H](CCc1ccccc1)C(=O)Nc1cnc2ccccc2c1. The number of anilines is 1. The quantitative estimate of drug-likeness (QED) is 0.0693. The number of hydrogen-bond donors (Lipinski definition) is 7. The number of fused-ring (bicyclic) bond motifs is 1. The van der Waals surface area contributed by atoms with Gasteiger partial charge in [0.2, 0.25) is 11.8 Å². The molecule has 47 heavy (non-hydrogen) atoms. The standard InChI is InChI=1S/C34H49N9O4/c1-34(2,3)47-33(46)43-28(14-9-19-37-32(38-20-17-35)39-21-18-36)31(45)42-29(16-15-24-10-5-4-6-11-24)30(44)41-26-22-25-12-7-8-13-27(25)40-23-26/h4-8,10-13,22-23,28-29H,9,14-21,35-36H2,1-3H3,(H,41,44)(H,42,45)(H,43,46)(H2,37,38,39)/t28-,29-/m0/s1. The van der Waals surface area contributed by atoms with Crippen molar-refractivity contribution in [3.8, 4) is 0 Å². The van der Waals surface area contributed by atoms with Crippen molar-refractivity contribution in [2.24, 2.45) is 16.5 Å². The van der Waals surface area contributed by atoms with Crippen molar-refractivity contribution in [1.82, 2.24) is 26.3 Å². The van der Waals surface area contributed by atoms with Crippen LogP contribution in [0.15, 0.2) is 71.9 Å². The van der Waals surface area contributed by atoms with E-state index in [4.69, 9.17) is 16.2 Å². The Bertz CT molecular complexity index is 1460. The highest BCUT2D eigenvalue weighted by Gasteiger charge is 2.28. The summed E-state index contributed by atoms with van der Waals surface area (Å²) < 4.78 is 5.44. The maximum atomic E-state index is 13.8. The van der Waals surface area contributed by atoms with E-state index in [1.165, 1.54) is 0 Å². The highest BCUT2D eigenvalue weighted by atomic mass is 16.6. The monoisotopic (exact) mass is 647 g/mol. The van der Waals surface area contributed by atoms with Crippen molar-refractivity contribution in [2.45, 2.75) is 64.1 Å². The van der Waals surface area contributed by atoms with Gasteiger partial charge in [0, 0.05) is 31.6 Å². The Balaban J connectivity index is 1.75. The van der Waals surface area contributed by atoms with E-state index >= 15 is 0 Å². The van der Waals surface area contributed by atoms with Gasteiger partial charge in [-0.15, -0.1) is 0 Å². The van der Waals surface area contributed by atoms with Gasteiger partial charge in [-0.3, -0.25) is 19.6 Å². The number of guanidine groups is 1. The van der Waals surface area contributed by atoms with Gasteiger partial charge < -0.3 is 42.8 Å². The summed E-state index contributed by atoms with van der Waals surface area (Å²) in [4.78, 5) is 48.9. The second kappa shape index (κ2) is 19.0. The molecule has 1 heterocycles. The minimum absolute atomic E-state index is 0.265. The largest absolute Gasteiger partial charge is 0.444 e. The Labute approximate surface area is 276 Å². The zero-order valence-electron chi connectivity index (χ0n) is 27.6. The molecule has 3 rings (SSSR count). The lowest BCUT2D eigenvalue weighted by molar-refractivity contribution is -0.128. The molecule has 0 unspecified atom stereocenters. The Hall–Kier alpha value is -4.75. The third kappa shape index (κ3) is 13.6. The summed E-state index contributed by atoms with van der Waals surface area (Å²) in [7, 11) is 0. The summed E-state index contributed by atoms with van der Waals surface area (Å²) in [5, 5.41) is 15.7. The summed E-state index contributed by atoms with van der Waals surface area (Å²) in [5.74, 6) is -0.336. The van der Waals surface area contributed by atoms with Gasteiger partial charge >= 0.3 is 6.09 Å². The van der Waals surface area contributed by atoms with Crippen LogP contribution in [0.5, 0.6) is 0 Å². The zero-order valence-corrected chi connectivity index (χ0v) is 27.6. The second-order valence-electron chi connectivity index (χ2n) is 12.0. The first kappa shape index (κ1) is 36.7. The molecule has 0 fully saturated rings. The predicted octanol–water partition coefficient (Wildman–Crippen LogP) is 2.42. The lowest BCUT2D eigenvalue weighted by Crippen LogP contribution is -2.53. The van der Waals surface area contributed by atoms with Crippen molar-refractivity contribution in [3.05, 3.63) is 72.4 Å². The molecule has 0 spiro atoms. The first-order valence-electron chi connectivity index (χ1n) is 16.0. The van der Waals surface area contributed by atoms with Crippen molar-refractivity contribution in [2.75, 3.05) is 38.0 Å². The molecule has 3 amide bonds. The van der Waals surface area contributed by atoms with E-state index in [0.717, 1.165) is 16.5 Å². The van der Waals surface area contributed by atoms with Gasteiger partial charge in [-0.1, -0.05) is 48.5 Å². The molecule has 0 aliphatic rings. The number of nitrogens with two attached hydrogens (primary N) is 2. The number of carbonyl (C=O) groups is 3. The first-order valence-corrected chi connectivity index (χ1v) is 16.0. The van der Waals surface area contributed by atoms with Crippen LogP contribution in [0, 0.1) is 0 Å². The molecule has 1 aromatic heterocycles. The summed E-state index contributed by atoms with van der Waals surface area (Å²) in [6.45, 7) is 7.48. The van der Waals surface area contributed by atoms with Gasteiger partial charge in [-0.2, -0.15) is 0 Å². The minimum Gasteiger partial charge on any atom is -0.444 e. The van der Waals surface area contributed by atoms with E-state index in [0.29, 0.717) is 63.6 Å². The molecule has 13 heteroatoms. The third-order valence-corrected chi connectivity index (χ3v) is 6.86. The fourth-order valence-electron chi connectivity index (χ4n) is 4.64. The molecule has 0 radical (unpaired) electrons. The number of nitrogens with one attached hydrogen (secondary N) is 5. The van der Waals surface area contributed by atoms with Crippen LogP contribution in [0.4, 0.5) is 10.5 Å². The van der Waals surface area contributed by atoms with Gasteiger partial charge in [-0.05, 0) is 64.2 Å². The van der Waals surface area contributed by atoms with E-state index in [2.05, 4.69) is 36.6 Å². The predicted molar refractivity (Wildman–Crippen MR) is 186 cm³/mol. The number of aliphatic imine (C=N–C) groups is 1. The molecule has 3 aromatic rings. The number of nitrogens with zero attached hydrogens (tertiary/aromatic N) is 2. The van der Waals surface area contributed by atoms with Crippen molar-refractivity contribution in [1.29, 1.82) is 0 Å². The van der Waals surface area contributed by atoms with E-state index in [9.17, 15) is 14.4 Å². The lowest BCUT2D eigenvalue weighted by atomic mass is 10.0. The highest BCUT2D eigenvalue weighted by Crippen LogP contribution is 2.17. The number of alkyl carbamates (subject to hydrolysis) is 1. The van der Waals surface area contributed by atoms with Crippen LogP contribution in [0.2, 0.25) is 0 Å². The van der Waals surface area contributed by atoms with Gasteiger partial charge in [0.15, 0.2) is 5.96 Å². The van der Waals surface area contributed by atoms with Crippen molar-refractivity contribution >= 4 is 40.5 Å². The van der Waals surface area contributed by atoms with E-state index < -0.39 is 35.6 Å². The molecular formula is C34H49N9O4. The molecule has 254 valence electrons. The molecule has 0 saturated carbocycles. The number of aryl methyl sites for hydroxylation is 1. The maximum Gasteiger partial charge on any atom is 0.408 e. The third-order valence-electron chi connectivity index (χ3n) is 6.86. The normalized spacial score (nSPS) is 12.9. The van der Waals surface area contributed by atoms with Gasteiger partial charge in [-0.25, -0.2) is 4.79 Å². The summed E-state index contributed by atoms with van der Waals surface area (Å²) >= 11 is 0. The first-order chi connectivity index (χ1) is 22.6. The lowest BCUT2D eigenvalue weighted by Gasteiger charge is -2.25. The molecule has 2 aromatic carbocycles. The maximum absolute atomic E-state index is 13.8. The molecule has 13 nitrogen and oxygen atoms in total. The summed E-state index contributed by atoms with van der Waals surface area (Å²) in [6.07, 6.45) is 2.49. The Morgan fingerprint density at radius 2 is 1.57 bits per heavy atom. The van der Waals surface area contributed by atoms with E-state index in [1.54, 1.807) is 27.0 Å². The van der Waals surface area contributed by atoms with Crippen LogP contribution in [-0.2, 0) is 20.7 Å². The summed E-state index contributed by atoms with van der Waals surface area (Å²) in [6, 6.07) is 17.3. The smallest absolute Gasteiger partial charge is 0.408 e. The fourth-order valence-corrected chi connectivity index (χ4v) is 4.64. The second-order valence-corrected chi connectivity index (χ2v) is 12.0. The van der Waals surface area contributed by atoms with Crippen LogP contribution in [0.25, 0.3) is 10.9 Å². The molecule has 0 aliphatic carbocycles. The molecule has 0 saturated heterocycles. The summed E-state index contributed by atoms with van der Waals surface area (Å²) in [5.41, 5.74) is 12.8. The number of benzene rings is 2. The van der Waals surface area contributed by atoms with E-state index in [1.807, 2.05) is 60.7 Å². The minimum atomic E-state index is -0.970. The van der Waals surface area contributed by atoms with Gasteiger partial charge in [0.1, 0.15) is 17.7 Å². The topological polar surface area (TPSA) is 198 Å². The number of carbonyl (C=O) groups excluding carboxylic acids is 3. The van der Waals surface area contributed by atoms with Crippen LogP contribution in [-0.4, -0.2) is 79.3 Å². The van der Waals surface area contributed by atoms with Crippen molar-refractivity contribution in [3.63, 3.8) is 0 Å². The zero-order chi connectivity index (χ0) is 34.1. The van der Waals surface area contributed by atoms with Crippen LogP contribution >= 0.6 is 0 Å². The molecule has 2 atom stereocenters. The van der Waals surface area contributed by atoms with Crippen LogP contribution < -0.4 is 38.1 Å². The number of hydrogen-bond acceptors (Lipinski definition) is 8. The van der Waals surface area contributed by atoms with Crippen molar-refractivity contribution < 1.29 is 19.1 Å². The number of aromatic nitrogens is 1. The average molecular weight is 648 g/mol. The molecule has 0 bridgehead atoms. The average Bonchev–Trinajstić information content (AvgIpc) is 3.04. The Kier molecular flexibility index (Phi) is 14.9. The number of pyridine rings is 1. The molecule has 0 aliphatic heterocycles. The van der Waals surface area contributed by atoms with Crippen LogP contribution in [0.1, 0.15) is 45.6 Å². The fraction of sp³-hybridized carbons (Fsp3) is 0.441. The number of amides is 3. The molecule has 9 N–H and O–H groups in total. The van der Waals surface area contributed by atoms with E-state index in [-0.39, 0.29) is 6.42 Å². The number of para-hydroxylation sites is 1. The van der Waals surface area contributed by atoms with Gasteiger partial charge in [0.25, 0.3) is 0 Å². The Morgan fingerprint density at radius 3 is 2.30 bits per heavy atom. The Morgan fingerprint density at radius 1 is 0.872 bits per heavy atom. The molecular weight excluding hydrogens is 598 g/mol. The number of rotatable bonds is 16. The van der Waals surface area contributed by atoms with Gasteiger partial charge in [0.05, 0.1) is 23.9 Å².